The number of benzene rings is 1. The van der Waals surface area contributed by atoms with Crippen molar-refractivity contribution in [2.24, 2.45) is 0 Å². The maximum atomic E-state index is 11.8. The minimum atomic E-state index is -0.413. The molecule has 2 aliphatic heterocycles. The monoisotopic (exact) mass is 330 g/mol. The lowest BCUT2D eigenvalue weighted by Crippen LogP contribution is -2.48. The van der Waals surface area contributed by atoms with Gasteiger partial charge in [0.05, 0.1) is 13.2 Å². The van der Waals surface area contributed by atoms with Crippen LogP contribution < -0.4 is 24.8 Å². The molecular weight excluding hydrogens is 312 g/mol. The second-order valence-electron chi connectivity index (χ2n) is 4.72. The van der Waals surface area contributed by atoms with E-state index in [4.69, 9.17) is 18.9 Å². The molecule has 1 saturated heterocycles. The highest BCUT2D eigenvalue weighted by Crippen LogP contribution is 2.34. The van der Waals surface area contributed by atoms with Gasteiger partial charge in [0.1, 0.15) is 18.5 Å². The lowest BCUT2D eigenvalue weighted by Gasteiger charge is -2.22. The zero-order chi connectivity index (χ0) is 14.5. The van der Waals surface area contributed by atoms with Crippen LogP contribution in [-0.2, 0) is 9.53 Å². The van der Waals surface area contributed by atoms with Gasteiger partial charge in [0, 0.05) is 19.2 Å². The molecule has 1 atom stereocenters. The van der Waals surface area contributed by atoms with E-state index in [9.17, 15) is 4.79 Å². The molecule has 1 fully saturated rings. The average Bonchev–Trinajstić information content (AvgIpc) is 3.00. The number of amides is 1. The lowest BCUT2D eigenvalue weighted by atomic mass is 10.3. The normalized spacial score (nSPS) is 19.2. The largest absolute Gasteiger partial charge is 0.492 e. The standard InChI is InChI=1S/C14H18N2O5.ClH/c17-14(13-8-15-3-5-19-13)16-4-6-18-10-1-2-11-12(7-10)21-9-20-11;/h1-2,7,13,15H,3-6,8-9H2,(H,16,17);1H. The molecular formula is C14H19ClN2O5. The van der Waals surface area contributed by atoms with Gasteiger partial charge in [-0.05, 0) is 12.1 Å². The van der Waals surface area contributed by atoms with Gasteiger partial charge in [-0.15, -0.1) is 12.4 Å². The van der Waals surface area contributed by atoms with Crippen molar-refractivity contribution in [1.29, 1.82) is 0 Å². The predicted octanol–water partition coefficient (Wildman–Crippen LogP) is 0.320. The van der Waals surface area contributed by atoms with Gasteiger partial charge in [0.2, 0.25) is 6.79 Å². The molecule has 8 heteroatoms. The predicted molar refractivity (Wildman–Crippen MR) is 80.9 cm³/mol. The highest BCUT2D eigenvalue weighted by atomic mass is 35.5. The van der Waals surface area contributed by atoms with Gasteiger partial charge in [0.25, 0.3) is 5.91 Å². The Kier molecular flexibility index (Phi) is 6.11. The number of nitrogens with one attached hydrogen (secondary N) is 2. The van der Waals surface area contributed by atoms with E-state index in [2.05, 4.69) is 10.6 Å². The molecule has 0 aromatic heterocycles. The molecule has 0 spiro atoms. The Bertz CT molecular complexity index is 508. The summed E-state index contributed by atoms with van der Waals surface area (Å²) in [4.78, 5) is 11.8. The number of halogens is 1. The number of fused-ring (bicyclic) bond motifs is 1. The first-order chi connectivity index (χ1) is 10.3. The van der Waals surface area contributed by atoms with E-state index in [1.807, 2.05) is 6.07 Å². The molecule has 7 nitrogen and oxygen atoms in total. The van der Waals surface area contributed by atoms with E-state index in [0.29, 0.717) is 37.8 Å². The lowest BCUT2D eigenvalue weighted by molar-refractivity contribution is -0.134. The smallest absolute Gasteiger partial charge is 0.250 e. The van der Waals surface area contributed by atoms with Crippen molar-refractivity contribution in [1.82, 2.24) is 10.6 Å². The van der Waals surface area contributed by atoms with Crippen LogP contribution >= 0.6 is 12.4 Å². The fourth-order valence-corrected chi connectivity index (χ4v) is 2.16. The molecule has 0 bridgehead atoms. The van der Waals surface area contributed by atoms with Crippen molar-refractivity contribution >= 4 is 18.3 Å². The maximum absolute atomic E-state index is 11.8. The second kappa shape index (κ2) is 8.07. The summed E-state index contributed by atoms with van der Waals surface area (Å²) in [5.41, 5.74) is 0. The number of carbonyl (C=O) groups excluding carboxylic acids is 1. The first-order valence-corrected chi connectivity index (χ1v) is 6.95. The van der Waals surface area contributed by atoms with Crippen LogP contribution in [0.15, 0.2) is 18.2 Å². The molecule has 1 aromatic carbocycles. The summed E-state index contributed by atoms with van der Waals surface area (Å²) in [5.74, 6) is 1.97. The number of hydrogen-bond donors (Lipinski definition) is 2. The molecule has 2 aliphatic rings. The Morgan fingerprint density at radius 1 is 1.36 bits per heavy atom. The van der Waals surface area contributed by atoms with Gasteiger partial charge in [-0.1, -0.05) is 0 Å². The zero-order valence-corrected chi connectivity index (χ0v) is 12.8. The van der Waals surface area contributed by atoms with E-state index in [1.54, 1.807) is 12.1 Å². The molecule has 1 amide bonds. The fraction of sp³-hybridized carbons (Fsp3) is 0.500. The summed E-state index contributed by atoms with van der Waals surface area (Å²) in [5, 5.41) is 5.90. The molecule has 2 heterocycles. The van der Waals surface area contributed by atoms with Gasteiger partial charge >= 0.3 is 0 Å². The minimum absolute atomic E-state index is 0. The van der Waals surface area contributed by atoms with Crippen molar-refractivity contribution in [3.05, 3.63) is 18.2 Å². The zero-order valence-electron chi connectivity index (χ0n) is 12.0. The highest BCUT2D eigenvalue weighted by Gasteiger charge is 2.21. The Balaban J connectivity index is 0.00000176. The van der Waals surface area contributed by atoms with Crippen LogP contribution in [0.25, 0.3) is 0 Å². The summed E-state index contributed by atoms with van der Waals surface area (Å²) >= 11 is 0. The maximum Gasteiger partial charge on any atom is 0.250 e. The third-order valence-corrected chi connectivity index (χ3v) is 3.23. The van der Waals surface area contributed by atoms with Gasteiger partial charge in [-0.3, -0.25) is 4.79 Å². The number of rotatable bonds is 5. The summed E-state index contributed by atoms with van der Waals surface area (Å²) < 4.78 is 21.4. The SMILES string of the molecule is Cl.O=C(NCCOc1ccc2c(c1)OCO2)C1CNCCO1. The van der Waals surface area contributed by atoms with Crippen LogP contribution in [0.1, 0.15) is 0 Å². The van der Waals surface area contributed by atoms with Crippen LogP contribution in [0.3, 0.4) is 0 Å². The van der Waals surface area contributed by atoms with Crippen LogP contribution in [-0.4, -0.2) is 51.7 Å². The molecule has 1 unspecified atom stereocenters. The first kappa shape index (κ1) is 16.7. The molecule has 3 rings (SSSR count). The van der Waals surface area contributed by atoms with E-state index in [0.717, 1.165) is 12.3 Å². The van der Waals surface area contributed by atoms with Crippen molar-refractivity contribution in [3.63, 3.8) is 0 Å². The van der Waals surface area contributed by atoms with Gasteiger partial charge < -0.3 is 29.6 Å². The quantitative estimate of drug-likeness (QED) is 0.757. The van der Waals surface area contributed by atoms with Crippen molar-refractivity contribution in [2.45, 2.75) is 6.10 Å². The minimum Gasteiger partial charge on any atom is -0.492 e. The number of ether oxygens (including phenoxy) is 4. The molecule has 0 radical (unpaired) electrons. The summed E-state index contributed by atoms with van der Waals surface area (Å²) in [6, 6.07) is 5.39. The summed E-state index contributed by atoms with van der Waals surface area (Å²) in [6.07, 6.45) is -0.413. The number of morpholine rings is 1. The third-order valence-electron chi connectivity index (χ3n) is 3.23. The van der Waals surface area contributed by atoms with Crippen molar-refractivity contribution < 1.29 is 23.7 Å². The first-order valence-electron chi connectivity index (χ1n) is 6.95. The molecule has 22 heavy (non-hydrogen) atoms. The van der Waals surface area contributed by atoms with Crippen molar-refractivity contribution in [2.75, 3.05) is 39.6 Å². The van der Waals surface area contributed by atoms with E-state index in [1.165, 1.54) is 0 Å². The van der Waals surface area contributed by atoms with Crippen LogP contribution in [0.5, 0.6) is 17.2 Å². The fourth-order valence-electron chi connectivity index (χ4n) is 2.16. The molecule has 0 aliphatic carbocycles. The highest BCUT2D eigenvalue weighted by molar-refractivity contribution is 5.85. The van der Waals surface area contributed by atoms with Crippen LogP contribution in [0, 0.1) is 0 Å². The summed E-state index contributed by atoms with van der Waals surface area (Å²) in [6.45, 7) is 2.95. The van der Waals surface area contributed by atoms with Gasteiger partial charge in [0.15, 0.2) is 11.5 Å². The van der Waals surface area contributed by atoms with Gasteiger partial charge in [-0.2, -0.15) is 0 Å². The Morgan fingerprint density at radius 3 is 3.05 bits per heavy atom. The summed E-state index contributed by atoms with van der Waals surface area (Å²) in [7, 11) is 0. The van der Waals surface area contributed by atoms with E-state index < -0.39 is 6.10 Å². The van der Waals surface area contributed by atoms with Gasteiger partial charge in [-0.25, -0.2) is 0 Å². The Labute approximate surface area is 134 Å². The van der Waals surface area contributed by atoms with E-state index in [-0.39, 0.29) is 25.1 Å². The van der Waals surface area contributed by atoms with E-state index >= 15 is 0 Å². The van der Waals surface area contributed by atoms with Crippen LogP contribution in [0.2, 0.25) is 0 Å². The molecule has 0 saturated carbocycles. The van der Waals surface area contributed by atoms with Crippen molar-refractivity contribution in [3.8, 4) is 17.2 Å². The molecule has 122 valence electrons. The number of carbonyl (C=O) groups is 1. The topological polar surface area (TPSA) is 78.1 Å². The number of hydrogen-bond acceptors (Lipinski definition) is 6. The Hall–Kier alpha value is -1.70. The Morgan fingerprint density at radius 2 is 2.23 bits per heavy atom. The van der Waals surface area contributed by atoms with Crippen LogP contribution in [0.4, 0.5) is 0 Å². The third kappa shape index (κ3) is 4.16. The second-order valence-corrected chi connectivity index (χ2v) is 4.72. The molecule has 2 N–H and O–H groups in total. The molecule has 1 aromatic rings. The average molecular weight is 331 g/mol.